The highest BCUT2D eigenvalue weighted by atomic mass is 19.1. The van der Waals surface area contributed by atoms with Crippen molar-refractivity contribution >= 4 is 17.3 Å². The number of methoxy groups -OCH3 is 1. The topological polar surface area (TPSA) is 98.8 Å². The monoisotopic (exact) mass is 330 g/mol. The van der Waals surface area contributed by atoms with Crippen LogP contribution in [0.4, 0.5) is 26.1 Å². The highest BCUT2D eigenvalue weighted by molar-refractivity contribution is 5.74. The lowest BCUT2D eigenvalue weighted by Crippen LogP contribution is -2.04. The van der Waals surface area contributed by atoms with Gasteiger partial charge in [0.2, 0.25) is 0 Å². The normalized spacial score (nSPS) is 10.5. The molecule has 2 aromatic heterocycles. The molecule has 0 saturated heterocycles. The number of nitrogen functional groups attached to an aromatic ring is 1. The molecule has 0 atom stereocenters. The molecular formula is C15H12F2N6O. The fourth-order valence-electron chi connectivity index (χ4n) is 2.04. The van der Waals surface area contributed by atoms with Gasteiger partial charge in [-0.05, 0) is 12.1 Å². The van der Waals surface area contributed by atoms with Crippen LogP contribution >= 0.6 is 0 Å². The zero-order valence-corrected chi connectivity index (χ0v) is 12.5. The molecule has 0 unspecified atom stereocenters. The van der Waals surface area contributed by atoms with E-state index in [1.807, 2.05) is 0 Å². The van der Waals surface area contributed by atoms with Gasteiger partial charge < -0.3 is 15.8 Å². The SMILES string of the molecule is COc1ccc(F)c(Nc2nccnc2-c2cc(N)ncn2)c1F. The van der Waals surface area contributed by atoms with E-state index in [9.17, 15) is 8.78 Å². The zero-order chi connectivity index (χ0) is 17.1. The summed E-state index contributed by atoms with van der Waals surface area (Å²) < 4.78 is 33.1. The summed E-state index contributed by atoms with van der Waals surface area (Å²) in [5.74, 6) is -1.43. The molecule has 0 amide bonds. The third-order valence-corrected chi connectivity index (χ3v) is 3.15. The summed E-state index contributed by atoms with van der Waals surface area (Å²) in [6, 6.07) is 3.76. The Morgan fingerprint density at radius 1 is 1.08 bits per heavy atom. The summed E-state index contributed by atoms with van der Waals surface area (Å²) in [6.07, 6.45) is 4.07. The molecule has 9 heteroatoms. The van der Waals surface area contributed by atoms with Crippen molar-refractivity contribution in [2.45, 2.75) is 0 Å². The number of rotatable bonds is 4. The van der Waals surface area contributed by atoms with Crippen molar-refractivity contribution in [2.24, 2.45) is 0 Å². The summed E-state index contributed by atoms with van der Waals surface area (Å²) in [5, 5.41) is 2.60. The van der Waals surface area contributed by atoms with Crippen LogP contribution in [0.1, 0.15) is 0 Å². The molecule has 3 aromatic rings. The van der Waals surface area contributed by atoms with Crippen molar-refractivity contribution in [3.63, 3.8) is 0 Å². The second-order valence-corrected chi connectivity index (χ2v) is 4.65. The molecule has 0 fully saturated rings. The van der Waals surface area contributed by atoms with Gasteiger partial charge in [-0.25, -0.2) is 28.7 Å². The average molecular weight is 330 g/mol. The first kappa shape index (κ1) is 15.5. The number of halogens is 2. The minimum Gasteiger partial charge on any atom is -0.494 e. The van der Waals surface area contributed by atoms with E-state index in [2.05, 4.69) is 25.3 Å². The first-order valence-corrected chi connectivity index (χ1v) is 6.78. The molecule has 2 heterocycles. The van der Waals surface area contributed by atoms with Crippen LogP contribution in [0.2, 0.25) is 0 Å². The number of anilines is 3. The molecule has 0 radical (unpaired) electrons. The highest BCUT2D eigenvalue weighted by Gasteiger charge is 2.18. The van der Waals surface area contributed by atoms with Crippen LogP contribution in [0.25, 0.3) is 11.4 Å². The number of nitrogens with two attached hydrogens (primary N) is 1. The first-order valence-electron chi connectivity index (χ1n) is 6.78. The Bertz CT molecular complexity index is 890. The van der Waals surface area contributed by atoms with Gasteiger partial charge >= 0.3 is 0 Å². The number of nitrogens with zero attached hydrogens (tertiary/aromatic N) is 4. The van der Waals surface area contributed by atoms with Crippen LogP contribution in [-0.4, -0.2) is 27.0 Å². The van der Waals surface area contributed by atoms with Gasteiger partial charge in [-0.15, -0.1) is 0 Å². The van der Waals surface area contributed by atoms with Crippen molar-refractivity contribution in [1.82, 2.24) is 19.9 Å². The molecule has 0 saturated carbocycles. The van der Waals surface area contributed by atoms with Gasteiger partial charge in [0.1, 0.15) is 29.3 Å². The van der Waals surface area contributed by atoms with Crippen LogP contribution in [0.3, 0.4) is 0 Å². The van der Waals surface area contributed by atoms with Gasteiger partial charge in [-0.1, -0.05) is 0 Å². The summed E-state index contributed by atoms with van der Waals surface area (Å²) in [6.45, 7) is 0. The lowest BCUT2D eigenvalue weighted by atomic mass is 10.2. The minimum atomic E-state index is -0.878. The average Bonchev–Trinajstić information content (AvgIpc) is 2.59. The predicted octanol–water partition coefficient (Wildman–Crippen LogP) is 2.55. The third-order valence-electron chi connectivity index (χ3n) is 3.15. The van der Waals surface area contributed by atoms with E-state index < -0.39 is 17.3 Å². The lowest BCUT2D eigenvalue weighted by molar-refractivity contribution is 0.385. The molecule has 0 bridgehead atoms. The van der Waals surface area contributed by atoms with Gasteiger partial charge in [-0.3, -0.25) is 0 Å². The van der Waals surface area contributed by atoms with Crippen LogP contribution in [-0.2, 0) is 0 Å². The van der Waals surface area contributed by atoms with Crippen molar-refractivity contribution in [1.29, 1.82) is 0 Å². The maximum atomic E-state index is 14.3. The molecule has 3 rings (SSSR count). The quantitative estimate of drug-likeness (QED) is 0.758. The minimum absolute atomic E-state index is 0.101. The number of hydrogen-bond acceptors (Lipinski definition) is 7. The van der Waals surface area contributed by atoms with Crippen molar-refractivity contribution in [2.75, 3.05) is 18.2 Å². The molecule has 7 nitrogen and oxygen atoms in total. The van der Waals surface area contributed by atoms with Crippen LogP contribution in [0.15, 0.2) is 36.9 Å². The predicted molar refractivity (Wildman–Crippen MR) is 83.7 cm³/mol. The van der Waals surface area contributed by atoms with Crippen molar-refractivity contribution < 1.29 is 13.5 Å². The number of hydrogen-bond donors (Lipinski definition) is 2. The highest BCUT2D eigenvalue weighted by Crippen LogP contribution is 2.32. The second kappa shape index (κ2) is 6.41. The number of nitrogens with one attached hydrogen (secondary N) is 1. The number of aromatic nitrogens is 4. The Kier molecular flexibility index (Phi) is 4.15. The molecule has 0 spiro atoms. The van der Waals surface area contributed by atoms with Crippen LogP contribution in [0, 0.1) is 11.6 Å². The van der Waals surface area contributed by atoms with Gasteiger partial charge in [0.05, 0.1) is 12.8 Å². The fourth-order valence-corrected chi connectivity index (χ4v) is 2.04. The van der Waals surface area contributed by atoms with E-state index in [4.69, 9.17) is 10.5 Å². The molecule has 0 aliphatic heterocycles. The van der Waals surface area contributed by atoms with Gasteiger partial charge in [-0.2, -0.15) is 0 Å². The van der Waals surface area contributed by atoms with E-state index in [1.54, 1.807) is 0 Å². The van der Waals surface area contributed by atoms with Crippen LogP contribution < -0.4 is 15.8 Å². The van der Waals surface area contributed by atoms with E-state index in [-0.39, 0.29) is 23.1 Å². The summed E-state index contributed by atoms with van der Waals surface area (Å²) >= 11 is 0. The van der Waals surface area contributed by atoms with Gasteiger partial charge in [0.15, 0.2) is 17.4 Å². The molecule has 3 N–H and O–H groups in total. The molecular weight excluding hydrogens is 318 g/mol. The Labute approximate surface area is 135 Å². The number of ether oxygens (including phenoxy) is 1. The van der Waals surface area contributed by atoms with Gasteiger partial charge in [0, 0.05) is 18.5 Å². The maximum Gasteiger partial charge on any atom is 0.191 e. The Morgan fingerprint density at radius 2 is 1.88 bits per heavy atom. The van der Waals surface area contributed by atoms with Gasteiger partial charge in [0.25, 0.3) is 0 Å². The molecule has 1 aromatic carbocycles. The van der Waals surface area contributed by atoms with Crippen LogP contribution in [0.5, 0.6) is 5.75 Å². The third kappa shape index (κ3) is 2.91. The Balaban J connectivity index is 2.07. The molecule has 24 heavy (non-hydrogen) atoms. The first-order chi connectivity index (χ1) is 11.6. The van der Waals surface area contributed by atoms with E-state index in [0.717, 1.165) is 6.07 Å². The Morgan fingerprint density at radius 3 is 2.62 bits per heavy atom. The lowest BCUT2D eigenvalue weighted by Gasteiger charge is -2.12. The molecule has 122 valence electrons. The Hall–Kier alpha value is -3.36. The van der Waals surface area contributed by atoms with Crippen molar-refractivity contribution in [3.05, 3.63) is 48.6 Å². The zero-order valence-electron chi connectivity index (χ0n) is 12.5. The smallest absolute Gasteiger partial charge is 0.191 e. The van der Waals surface area contributed by atoms with E-state index in [1.165, 1.54) is 38.0 Å². The standard InChI is InChI=1S/C15H12F2N6O/c1-24-10-3-2-8(16)13(12(10)17)23-15-14(19-4-5-20-15)9-6-11(18)22-7-21-9/h2-7H,1H3,(H,20,23)(H2,18,21,22). The number of benzene rings is 1. The maximum absolute atomic E-state index is 14.3. The summed E-state index contributed by atoms with van der Waals surface area (Å²) in [7, 11) is 1.29. The summed E-state index contributed by atoms with van der Waals surface area (Å²) in [4.78, 5) is 16.0. The van der Waals surface area contributed by atoms with Crippen molar-refractivity contribution in [3.8, 4) is 17.1 Å². The summed E-state index contributed by atoms with van der Waals surface area (Å²) in [5.41, 5.74) is 5.86. The molecule has 0 aliphatic carbocycles. The van der Waals surface area contributed by atoms with E-state index in [0.29, 0.717) is 5.69 Å². The fraction of sp³-hybridized carbons (Fsp3) is 0.0667. The second-order valence-electron chi connectivity index (χ2n) is 4.65. The van der Waals surface area contributed by atoms with E-state index >= 15 is 0 Å². The molecule has 0 aliphatic rings. The largest absolute Gasteiger partial charge is 0.494 e.